The number of anilines is 1. The summed E-state index contributed by atoms with van der Waals surface area (Å²) >= 11 is 5.83. The predicted octanol–water partition coefficient (Wildman–Crippen LogP) is 2.18. The second kappa shape index (κ2) is 6.93. The number of sulfonamides is 1. The monoisotopic (exact) mass is 380 g/mol. The smallest absolute Gasteiger partial charge is 0.263 e. The van der Waals surface area contributed by atoms with Crippen molar-refractivity contribution in [2.24, 2.45) is 0 Å². The molecule has 8 heteroatoms. The number of amides is 1. The Morgan fingerprint density at radius 2 is 1.92 bits per heavy atom. The molecule has 0 aliphatic carbocycles. The first-order valence-electron chi connectivity index (χ1n) is 7.60. The molecule has 0 fully saturated rings. The van der Waals surface area contributed by atoms with Gasteiger partial charge < -0.3 is 10.1 Å². The second-order valence-electron chi connectivity index (χ2n) is 5.71. The molecule has 1 amide bonds. The predicted molar refractivity (Wildman–Crippen MR) is 96.3 cm³/mol. The minimum atomic E-state index is -3.52. The highest BCUT2D eigenvalue weighted by molar-refractivity contribution is 7.92. The largest absolute Gasteiger partial charge is 0.476 e. The maximum absolute atomic E-state index is 12.4. The number of fused-ring (bicyclic) bond motifs is 1. The van der Waals surface area contributed by atoms with Crippen LogP contribution in [-0.4, -0.2) is 33.2 Å². The third kappa shape index (κ3) is 4.05. The van der Waals surface area contributed by atoms with Gasteiger partial charge in [-0.2, -0.15) is 0 Å². The molecule has 2 aromatic rings. The summed E-state index contributed by atoms with van der Waals surface area (Å²) < 4.78 is 31.0. The number of halogens is 1. The number of nitrogens with zero attached hydrogens (tertiary/aromatic N) is 1. The van der Waals surface area contributed by atoms with E-state index < -0.39 is 16.1 Å². The molecule has 3 rings (SSSR count). The molecule has 0 aromatic heterocycles. The van der Waals surface area contributed by atoms with Crippen LogP contribution in [0.1, 0.15) is 5.56 Å². The third-order valence-electron chi connectivity index (χ3n) is 3.81. The Labute approximate surface area is 151 Å². The quantitative estimate of drug-likeness (QED) is 0.882. The van der Waals surface area contributed by atoms with Gasteiger partial charge in [0.05, 0.1) is 18.5 Å². The van der Waals surface area contributed by atoms with Crippen LogP contribution >= 0.6 is 11.6 Å². The molecule has 1 aliphatic rings. The fourth-order valence-corrected chi connectivity index (χ4v) is 3.60. The fourth-order valence-electron chi connectivity index (χ4n) is 2.56. The topological polar surface area (TPSA) is 75.7 Å². The number of carbonyl (C=O) groups is 1. The zero-order chi connectivity index (χ0) is 18.0. The van der Waals surface area contributed by atoms with Gasteiger partial charge in [-0.05, 0) is 29.8 Å². The van der Waals surface area contributed by atoms with Crippen LogP contribution < -0.4 is 14.4 Å². The molecule has 6 nitrogen and oxygen atoms in total. The fraction of sp³-hybridized carbons (Fsp3) is 0.235. The molecular formula is C17H17ClN2O4S. The van der Waals surface area contributed by atoms with Crippen LogP contribution in [0.15, 0.2) is 48.5 Å². The van der Waals surface area contributed by atoms with E-state index in [2.05, 4.69) is 5.32 Å². The number of hydrogen-bond donors (Lipinski definition) is 1. The Bertz CT molecular complexity index is 884. The summed E-state index contributed by atoms with van der Waals surface area (Å²) in [5.41, 5.74) is 1.32. The highest BCUT2D eigenvalue weighted by atomic mass is 35.5. The molecule has 0 saturated heterocycles. The van der Waals surface area contributed by atoms with Crippen LogP contribution in [0.3, 0.4) is 0 Å². The van der Waals surface area contributed by atoms with E-state index in [4.69, 9.17) is 16.3 Å². The van der Waals surface area contributed by atoms with Gasteiger partial charge in [0.2, 0.25) is 10.0 Å². The van der Waals surface area contributed by atoms with E-state index in [0.29, 0.717) is 23.0 Å². The number of hydrogen-bond acceptors (Lipinski definition) is 4. The summed E-state index contributed by atoms with van der Waals surface area (Å²) in [6.07, 6.45) is 0.189. The van der Waals surface area contributed by atoms with Gasteiger partial charge in [0.15, 0.2) is 6.10 Å². The Kier molecular flexibility index (Phi) is 4.87. The van der Waals surface area contributed by atoms with E-state index in [1.54, 1.807) is 36.4 Å². The summed E-state index contributed by atoms with van der Waals surface area (Å²) in [5.74, 6) is -0.0103. The van der Waals surface area contributed by atoms with E-state index in [0.717, 1.165) is 11.8 Å². The van der Waals surface area contributed by atoms with E-state index >= 15 is 0 Å². The maximum Gasteiger partial charge on any atom is 0.263 e. The van der Waals surface area contributed by atoms with Gasteiger partial charge in [-0.1, -0.05) is 35.9 Å². The zero-order valence-corrected chi connectivity index (χ0v) is 15.0. The number of para-hydroxylation sites is 2. The molecule has 25 heavy (non-hydrogen) atoms. The number of benzene rings is 2. The molecular weight excluding hydrogens is 364 g/mol. The molecule has 1 atom stereocenters. The molecule has 1 heterocycles. The lowest BCUT2D eigenvalue weighted by molar-refractivity contribution is -0.127. The van der Waals surface area contributed by atoms with Crippen molar-refractivity contribution in [3.8, 4) is 5.75 Å². The SMILES string of the molecule is CS(=O)(=O)N1C[C@H](C(=O)NCc2ccc(Cl)cc2)Oc2ccccc21. The number of rotatable bonds is 4. The Hall–Kier alpha value is -2.25. The summed E-state index contributed by atoms with van der Waals surface area (Å²) in [6.45, 7) is 0.235. The Morgan fingerprint density at radius 3 is 2.60 bits per heavy atom. The highest BCUT2D eigenvalue weighted by Crippen LogP contribution is 2.34. The average Bonchev–Trinajstić information content (AvgIpc) is 2.59. The summed E-state index contributed by atoms with van der Waals surface area (Å²) in [7, 11) is -3.52. The van der Waals surface area contributed by atoms with Gasteiger partial charge in [0.1, 0.15) is 5.75 Å². The molecule has 1 N–H and O–H groups in total. The molecule has 0 radical (unpaired) electrons. The molecule has 0 spiro atoms. The Balaban J connectivity index is 1.74. The minimum absolute atomic E-state index is 0.0672. The van der Waals surface area contributed by atoms with Gasteiger partial charge in [-0.3, -0.25) is 9.10 Å². The van der Waals surface area contributed by atoms with Crippen molar-refractivity contribution in [1.82, 2.24) is 5.32 Å². The van der Waals surface area contributed by atoms with Gasteiger partial charge in [-0.15, -0.1) is 0 Å². The van der Waals surface area contributed by atoms with E-state index in [1.807, 2.05) is 12.1 Å². The van der Waals surface area contributed by atoms with Gasteiger partial charge in [0.25, 0.3) is 5.91 Å². The zero-order valence-electron chi connectivity index (χ0n) is 13.5. The van der Waals surface area contributed by atoms with Crippen LogP contribution in [0.25, 0.3) is 0 Å². The molecule has 132 valence electrons. The lowest BCUT2D eigenvalue weighted by Gasteiger charge is -2.33. The van der Waals surface area contributed by atoms with E-state index in [-0.39, 0.29) is 12.5 Å². The van der Waals surface area contributed by atoms with Crippen molar-refractivity contribution in [2.75, 3.05) is 17.1 Å². The van der Waals surface area contributed by atoms with Crippen LogP contribution in [0, 0.1) is 0 Å². The van der Waals surface area contributed by atoms with Crippen LogP contribution in [-0.2, 0) is 21.4 Å². The summed E-state index contributed by atoms with van der Waals surface area (Å²) in [5, 5.41) is 3.38. The third-order valence-corrected chi connectivity index (χ3v) is 5.21. The summed E-state index contributed by atoms with van der Waals surface area (Å²) in [6, 6.07) is 13.8. The highest BCUT2D eigenvalue weighted by Gasteiger charge is 2.34. The van der Waals surface area contributed by atoms with Gasteiger partial charge >= 0.3 is 0 Å². The number of ether oxygens (including phenoxy) is 1. The first-order valence-corrected chi connectivity index (χ1v) is 9.83. The van der Waals surface area contributed by atoms with Crippen molar-refractivity contribution in [1.29, 1.82) is 0 Å². The molecule has 0 bridgehead atoms. The van der Waals surface area contributed by atoms with E-state index in [1.165, 1.54) is 4.31 Å². The van der Waals surface area contributed by atoms with Crippen molar-refractivity contribution in [3.05, 3.63) is 59.1 Å². The standard InChI is InChI=1S/C17H17ClN2O4S/c1-25(22,23)20-11-16(24-15-5-3-2-4-14(15)20)17(21)19-10-12-6-8-13(18)9-7-12/h2-9,16H,10-11H2,1H3,(H,19,21)/t16-/m1/s1. The first kappa shape index (κ1) is 17.6. The van der Waals surface area contributed by atoms with E-state index in [9.17, 15) is 13.2 Å². The van der Waals surface area contributed by atoms with Crippen LogP contribution in [0.4, 0.5) is 5.69 Å². The normalized spacial score (nSPS) is 16.7. The van der Waals surface area contributed by atoms with Crippen LogP contribution in [0.5, 0.6) is 5.75 Å². The summed E-state index contributed by atoms with van der Waals surface area (Å²) in [4.78, 5) is 12.4. The average molecular weight is 381 g/mol. The first-order chi connectivity index (χ1) is 11.8. The minimum Gasteiger partial charge on any atom is -0.476 e. The maximum atomic E-state index is 12.4. The number of nitrogens with one attached hydrogen (secondary N) is 1. The Morgan fingerprint density at radius 1 is 1.24 bits per heavy atom. The molecule has 1 aliphatic heterocycles. The molecule has 0 saturated carbocycles. The lowest BCUT2D eigenvalue weighted by atomic mass is 10.2. The van der Waals surface area contributed by atoms with Crippen molar-refractivity contribution in [3.63, 3.8) is 0 Å². The van der Waals surface area contributed by atoms with Crippen molar-refractivity contribution in [2.45, 2.75) is 12.6 Å². The van der Waals surface area contributed by atoms with Crippen molar-refractivity contribution >= 4 is 33.2 Å². The van der Waals surface area contributed by atoms with Gasteiger partial charge in [-0.25, -0.2) is 8.42 Å². The number of carbonyl (C=O) groups excluding carboxylic acids is 1. The molecule has 0 unspecified atom stereocenters. The van der Waals surface area contributed by atoms with Gasteiger partial charge in [0, 0.05) is 11.6 Å². The van der Waals surface area contributed by atoms with Crippen molar-refractivity contribution < 1.29 is 17.9 Å². The lowest BCUT2D eigenvalue weighted by Crippen LogP contribution is -2.50. The molecule has 2 aromatic carbocycles. The van der Waals surface area contributed by atoms with Crippen LogP contribution in [0.2, 0.25) is 5.02 Å². The second-order valence-corrected chi connectivity index (χ2v) is 8.06.